The molecule has 0 saturated heterocycles. The predicted octanol–water partition coefficient (Wildman–Crippen LogP) is 10.2. The Hall–Kier alpha value is -0.268. The van der Waals surface area contributed by atoms with Crippen molar-refractivity contribution >= 4 is 19.1 Å². The van der Waals surface area contributed by atoms with Gasteiger partial charge in [-0.2, -0.15) is 6.67 Å². The van der Waals surface area contributed by atoms with Gasteiger partial charge in [-0.15, -0.1) is 0 Å². The summed E-state index contributed by atoms with van der Waals surface area (Å²) >= 11 is -0.106. The van der Waals surface area contributed by atoms with Crippen LogP contribution < -0.4 is 0 Å². The standard InChI is InChI=1S/C27H49N2.C6H7N.2ClH.Pd/c1-18(2)22-11-9-12-23(19(3)4)26(22)28-15-16-29(17-28)27-24(20(5)6)13-10-14-25(27)21(7)8;1-6-4-2-3-5-7-6;;;/h15-27H,9-14H2,1-8H3;2-5H,1H3;2*1H;/q-1;;;;+2/p-2. The predicted molar refractivity (Wildman–Crippen MR) is 166 cm³/mol. The zero-order valence-electron chi connectivity index (χ0n) is 26.0. The molecular weight excluding hydrogens is 616 g/mol. The van der Waals surface area contributed by atoms with Gasteiger partial charge >= 0.3 is 35.0 Å². The molecule has 0 amide bonds. The molecule has 0 aromatic carbocycles. The van der Waals surface area contributed by atoms with E-state index in [9.17, 15) is 0 Å². The van der Waals surface area contributed by atoms with Crippen molar-refractivity contribution in [1.82, 2.24) is 14.8 Å². The third kappa shape index (κ3) is 10.2. The van der Waals surface area contributed by atoms with Crippen molar-refractivity contribution in [3.8, 4) is 0 Å². The van der Waals surface area contributed by atoms with Gasteiger partial charge in [0, 0.05) is 24.0 Å². The molecule has 3 aliphatic rings. The quantitative estimate of drug-likeness (QED) is 0.222. The third-order valence-electron chi connectivity index (χ3n) is 9.51. The SMILES string of the molecule is CC(C)C1CCCC(C(C)C)C1N1C=CN(C2C(C(C)C)CCCC2C(C)C)[CH-]1.Cc1ccccn1.[Cl][Pd][Cl]. The molecule has 2 aliphatic carbocycles. The Kier molecular flexibility index (Phi) is 15.8. The van der Waals surface area contributed by atoms with Gasteiger partial charge in [-0.25, -0.2) is 0 Å². The van der Waals surface area contributed by atoms with Crippen LogP contribution in [0.1, 0.15) is 99.6 Å². The molecule has 1 aromatic heterocycles. The van der Waals surface area contributed by atoms with Crippen molar-refractivity contribution in [1.29, 1.82) is 0 Å². The summed E-state index contributed by atoms with van der Waals surface area (Å²) < 4.78 is 0. The van der Waals surface area contributed by atoms with Gasteiger partial charge in [-0.1, -0.05) is 74.3 Å². The molecule has 2 fully saturated rings. The van der Waals surface area contributed by atoms with Crippen LogP contribution in [-0.4, -0.2) is 26.9 Å². The molecular formula is C33H56Cl2N3Pd-. The van der Waals surface area contributed by atoms with Gasteiger partial charge < -0.3 is 9.80 Å². The van der Waals surface area contributed by atoms with E-state index in [0.717, 1.165) is 53.0 Å². The molecule has 3 nitrogen and oxygen atoms in total. The molecule has 4 unspecified atom stereocenters. The van der Waals surface area contributed by atoms with Crippen molar-refractivity contribution in [2.24, 2.45) is 47.3 Å². The Morgan fingerprint density at radius 1 is 0.718 bits per heavy atom. The van der Waals surface area contributed by atoms with Crippen LogP contribution in [0, 0.1) is 60.9 Å². The van der Waals surface area contributed by atoms with Crippen molar-refractivity contribution in [3.63, 3.8) is 0 Å². The minimum atomic E-state index is -0.106. The van der Waals surface area contributed by atoms with Gasteiger partial charge in [-0.3, -0.25) is 4.98 Å². The zero-order chi connectivity index (χ0) is 29.1. The summed E-state index contributed by atoms with van der Waals surface area (Å²) in [5.41, 5.74) is 1.07. The van der Waals surface area contributed by atoms with Crippen molar-refractivity contribution in [2.75, 3.05) is 0 Å². The molecule has 4 rings (SSSR count). The summed E-state index contributed by atoms with van der Waals surface area (Å²) in [7, 11) is 9.63. The van der Waals surface area contributed by atoms with Crippen LogP contribution in [-0.2, 0) is 15.9 Å². The van der Waals surface area contributed by atoms with E-state index in [1.807, 2.05) is 25.1 Å². The summed E-state index contributed by atoms with van der Waals surface area (Å²) in [6.07, 6.45) is 15.1. The molecule has 0 N–H and O–H groups in total. The van der Waals surface area contributed by atoms with Crippen LogP contribution in [0.5, 0.6) is 0 Å². The van der Waals surface area contributed by atoms with Crippen LogP contribution in [0.25, 0.3) is 0 Å². The fraction of sp³-hybridized carbons (Fsp3) is 0.758. The number of hydrogen-bond donors (Lipinski definition) is 0. The van der Waals surface area contributed by atoms with Gasteiger partial charge in [0.1, 0.15) is 0 Å². The number of aromatic nitrogens is 1. The number of nitrogens with zero attached hydrogens (tertiary/aromatic N) is 3. The number of halogens is 2. The zero-order valence-corrected chi connectivity index (χ0v) is 29.0. The Balaban J connectivity index is 0.000000450. The van der Waals surface area contributed by atoms with E-state index < -0.39 is 0 Å². The average molecular weight is 672 g/mol. The normalized spacial score (nSPS) is 29.1. The Bertz CT molecular complexity index is 738. The molecule has 2 saturated carbocycles. The molecule has 1 aliphatic heterocycles. The van der Waals surface area contributed by atoms with E-state index in [0.29, 0.717) is 12.1 Å². The van der Waals surface area contributed by atoms with Crippen molar-refractivity contribution in [2.45, 2.75) is 113 Å². The summed E-state index contributed by atoms with van der Waals surface area (Å²) in [4.78, 5) is 9.28. The third-order valence-corrected chi connectivity index (χ3v) is 9.51. The van der Waals surface area contributed by atoms with Gasteiger partial charge in [0.25, 0.3) is 0 Å². The summed E-state index contributed by atoms with van der Waals surface area (Å²) in [6.45, 7) is 24.1. The fourth-order valence-corrected chi connectivity index (χ4v) is 7.48. The van der Waals surface area contributed by atoms with E-state index in [1.54, 1.807) is 6.20 Å². The van der Waals surface area contributed by atoms with Crippen LogP contribution >= 0.6 is 19.1 Å². The molecule has 228 valence electrons. The van der Waals surface area contributed by atoms with Crippen LogP contribution in [0.3, 0.4) is 0 Å². The van der Waals surface area contributed by atoms with E-state index in [4.69, 9.17) is 19.1 Å². The molecule has 4 atom stereocenters. The van der Waals surface area contributed by atoms with Crippen LogP contribution in [0.15, 0.2) is 36.8 Å². The van der Waals surface area contributed by atoms with Gasteiger partial charge in [0.15, 0.2) is 0 Å². The van der Waals surface area contributed by atoms with E-state index in [-0.39, 0.29) is 15.9 Å². The average Bonchev–Trinajstić information content (AvgIpc) is 3.38. The van der Waals surface area contributed by atoms with Gasteiger partial charge in [-0.05, 0) is 104 Å². The summed E-state index contributed by atoms with van der Waals surface area (Å²) in [5.74, 6) is 6.29. The first-order valence-corrected chi connectivity index (χ1v) is 19.3. The van der Waals surface area contributed by atoms with Crippen LogP contribution in [0.4, 0.5) is 0 Å². The topological polar surface area (TPSA) is 19.4 Å². The number of hydrogen-bond acceptors (Lipinski definition) is 3. The summed E-state index contributed by atoms with van der Waals surface area (Å²) in [5, 5.41) is 0. The molecule has 0 bridgehead atoms. The molecule has 6 heteroatoms. The van der Waals surface area contributed by atoms with E-state index in [2.05, 4.69) is 89.2 Å². The molecule has 39 heavy (non-hydrogen) atoms. The van der Waals surface area contributed by atoms with Crippen LogP contribution in [0.2, 0.25) is 0 Å². The maximum atomic E-state index is 4.81. The second kappa shape index (κ2) is 17.6. The second-order valence-electron chi connectivity index (χ2n) is 13.3. The Morgan fingerprint density at radius 3 is 1.31 bits per heavy atom. The second-order valence-corrected chi connectivity index (χ2v) is 15.7. The van der Waals surface area contributed by atoms with Gasteiger partial charge in [0.2, 0.25) is 0 Å². The fourth-order valence-electron chi connectivity index (χ4n) is 7.48. The molecule has 2 heterocycles. The van der Waals surface area contributed by atoms with Crippen molar-refractivity contribution < 1.29 is 15.9 Å². The first kappa shape index (κ1) is 34.9. The summed E-state index contributed by atoms with van der Waals surface area (Å²) in [6, 6.07) is 7.20. The molecule has 1 aromatic rings. The minimum absolute atomic E-state index is 0.106. The van der Waals surface area contributed by atoms with E-state index >= 15 is 0 Å². The monoisotopic (exact) mass is 670 g/mol. The Morgan fingerprint density at radius 2 is 1.08 bits per heavy atom. The number of aryl methyl sites for hydroxylation is 1. The molecule has 0 radical (unpaired) electrons. The number of rotatable bonds is 6. The molecule has 0 spiro atoms. The van der Waals surface area contributed by atoms with Crippen molar-refractivity contribution in [3.05, 3.63) is 49.2 Å². The van der Waals surface area contributed by atoms with E-state index in [1.165, 1.54) is 38.5 Å². The van der Waals surface area contributed by atoms with Gasteiger partial charge in [0.05, 0.1) is 0 Å². The first-order chi connectivity index (χ1) is 18.5. The first-order valence-electron chi connectivity index (χ1n) is 15.3. The number of pyridine rings is 1. The Labute approximate surface area is 258 Å². The maximum absolute atomic E-state index is 4.81.